The second-order valence-electron chi connectivity index (χ2n) is 3.28. The Bertz CT molecular complexity index is 209. The van der Waals surface area contributed by atoms with Gasteiger partial charge in [-0.15, -0.1) is 0 Å². The van der Waals surface area contributed by atoms with E-state index in [1.165, 1.54) is 4.90 Å². The van der Waals surface area contributed by atoms with Gasteiger partial charge in [-0.05, 0) is 12.8 Å². The van der Waals surface area contributed by atoms with Gasteiger partial charge in [0.1, 0.15) is 6.07 Å². The SMILES string of the molecule is N#CC[NH+]1CCC[C@H](C(N)=O)C1. The normalized spacial score (nSPS) is 29.2. The Kier molecular flexibility index (Phi) is 3.06. The lowest BCUT2D eigenvalue weighted by Gasteiger charge is -2.25. The van der Waals surface area contributed by atoms with Crippen LogP contribution in [-0.4, -0.2) is 25.5 Å². The predicted octanol–water partition coefficient (Wildman–Crippen LogP) is -1.71. The minimum absolute atomic E-state index is 0.0119. The number of quaternary nitrogens is 1. The number of nitrogens with zero attached hydrogens (tertiary/aromatic N) is 1. The van der Waals surface area contributed by atoms with Crippen LogP contribution in [0.3, 0.4) is 0 Å². The van der Waals surface area contributed by atoms with Crippen molar-refractivity contribution in [2.75, 3.05) is 19.6 Å². The molecule has 1 aliphatic rings. The highest BCUT2D eigenvalue weighted by molar-refractivity contribution is 5.76. The van der Waals surface area contributed by atoms with Gasteiger partial charge in [0, 0.05) is 0 Å². The third-order valence-corrected chi connectivity index (χ3v) is 2.35. The third-order valence-electron chi connectivity index (χ3n) is 2.35. The zero-order chi connectivity index (χ0) is 8.97. The number of carbonyl (C=O) groups is 1. The van der Waals surface area contributed by atoms with Gasteiger partial charge in [0.25, 0.3) is 0 Å². The van der Waals surface area contributed by atoms with Crippen LogP contribution in [0.5, 0.6) is 0 Å². The summed E-state index contributed by atoms with van der Waals surface area (Å²) in [4.78, 5) is 12.0. The van der Waals surface area contributed by atoms with Crippen molar-refractivity contribution >= 4 is 5.91 Å². The predicted molar refractivity (Wildman–Crippen MR) is 43.1 cm³/mol. The van der Waals surface area contributed by atoms with Gasteiger partial charge in [-0.2, -0.15) is 5.26 Å². The van der Waals surface area contributed by atoms with Crippen molar-refractivity contribution in [3.63, 3.8) is 0 Å². The van der Waals surface area contributed by atoms with E-state index < -0.39 is 0 Å². The molecule has 1 rings (SSSR count). The zero-order valence-corrected chi connectivity index (χ0v) is 7.05. The number of amides is 1. The van der Waals surface area contributed by atoms with E-state index in [9.17, 15) is 4.79 Å². The summed E-state index contributed by atoms with van der Waals surface area (Å²) in [5.41, 5.74) is 5.19. The van der Waals surface area contributed by atoms with Crippen molar-refractivity contribution in [1.82, 2.24) is 0 Å². The van der Waals surface area contributed by atoms with E-state index in [1.807, 2.05) is 0 Å². The first-order chi connectivity index (χ1) is 5.74. The summed E-state index contributed by atoms with van der Waals surface area (Å²) in [5.74, 6) is -0.229. The van der Waals surface area contributed by atoms with Crippen molar-refractivity contribution in [3.05, 3.63) is 0 Å². The Labute approximate surface area is 71.9 Å². The van der Waals surface area contributed by atoms with Gasteiger partial charge in [0.2, 0.25) is 5.91 Å². The number of likely N-dealkylation sites (tertiary alicyclic amines) is 1. The quantitative estimate of drug-likeness (QED) is 0.482. The zero-order valence-electron chi connectivity index (χ0n) is 7.05. The lowest BCUT2D eigenvalue weighted by molar-refractivity contribution is -0.900. The molecule has 0 aromatic carbocycles. The number of rotatable bonds is 2. The summed E-state index contributed by atoms with van der Waals surface area (Å²) >= 11 is 0. The van der Waals surface area contributed by atoms with Crippen molar-refractivity contribution in [2.24, 2.45) is 11.7 Å². The molecule has 1 saturated heterocycles. The molecule has 0 aromatic rings. The second-order valence-corrected chi connectivity index (χ2v) is 3.28. The molecule has 3 N–H and O–H groups in total. The minimum atomic E-state index is -0.217. The summed E-state index contributed by atoms with van der Waals surface area (Å²) < 4.78 is 0. The molecule has 0 spiro atoms. The maximum absolute atomic E-state index is 10.8. The number of hydrogen-bond donors (Lipinski definition) is 2. The highest BCUT2D eigenvalue weighted by atomic mass is 16.1. The Morgan fingerprint density at radius 1 is 1.75 bits per heavy atom. The van der Waals surface area contributed by atoms with Crippen LogP contribution < -0.4 is 10.6 Å². The minimum Gasteiger partial charge on any atom is -0.369 e. The molecule has 0 saturated carbocycles. The number of nitrogens with one attached hydrogen (secondary N) is 1. The van der Waals surface area contributed by atoms with E-state index in [4.69, 9.17) is 11.0 Å². The van der Waals surface area contributed by atoms with Crippen LogP contribution in [0.4, 0.5) is 0 Å². The molecule has 4 nitrogen and oxygen atoms in total. The van der Waals surface area contributed by atoms with Gasteiger partial charge in [0.05, 0.1) is 19.0 Å². The van der Waals surface area contributed by atoms with E-state index in [2.05, 4.69) is 6.07 Å². The van der Waals surface area contributed by atoms with Crippen LogP contribution in [0, 0.1) is 17.2 Å². The monoisotopic (exact) mass is 168 g/mol. The molecule has 1 heterocycles. The maximum atomic E-state index is 10.8. The Hall–Kier alpha value is -1.08. The largest absolute Gasteiger partial charge is 0.369 e. The number of nitriles is 1. The summed E-state index contributed by atoms with van der Waals surface area (Å²) in [5, 5.41) is 8.46. The van der Waals surface area contributed by atoms with Crippen molar-refractivity contribution in [1.29, 1.82) is 5.26 Å². The maximum Gasteiger partial charge on any atom is 0.226 e. The number of primary amides is 1. The van der Waals surface area contributed by atoms with Crippen molar-refractivity contribution in [2.45, 2.75) is 12.8 Å². The third kappa shape index (κ3) is 2.21. The topological polar surface area (TPSA) is 71.3 Å². The van der Waals surface area contributed by atoms with Crippen LogP contribution in [0.25, 0.3) is 0 Å². The molecule has 1 aliphatic heterocycles. The molecule has 0 radical (unpaired) electrons. The molecule has 0 aromatic heterocycles. The first kappa shape index (κ1) is 9.01. The fourth-order valence-corrected chi connectivity index (χ4v) is 1.67. The second kappa shape index (κ2) is 4.07. The molecular formula is C8H14N3O+. The molecule has 1 fully saturated rings. The first-order valence-corrected chi connectivity index (χ1v) is 4.24. The molecule has 2 atom stereocenters. The van der Waals surface area contributed by atoms with Crippen molar-refractivity contribution in [3.8, 4) is 6.07 Å². The van der Waals surface area contributed by atoms with Crippen LogP contribution in [-0.2, 0) is 4.79 Å². The summed E-state index contributed by atoms with van der Waals surface area (Å²) in [6.07, 6.45) is 1.90. The summed E-state index contributed by atoms with van der Waals surface area (Å²) in [6, 6.07) is 2.11. The number of nitrogens with two attached hydrogens (primary N) is 1. The molecule has 12 heavy (non-hydrogen) atoms. The fourth-order valence-electron chi connectivity index (χ4n) is 1.67. The fraction of sp³-hybridized carbons (Fsp3) is 0.750. The van der Waals surface area contributed by atoms with Gasteiger partial charge in [-0.25, -0.2) is 0 Å². The van der Waals surface area contributed by atoms with Crippen LogP contribution in [0.1, 0.15) is 12.8 Å². The van der Waals surface area contributed by atoms with E-state index in [0.29, 0.717) is 6.54 Å². The van der Waals surface area contributed by atoms with E-state index >= 15 is 0 Å². The molecule has 66 valence electrons. The average molecular weight is 168 g/mol. The lowest BCUT2D eigenvalue weighted by Crippen LogP contribution is -3.13. The van der Waals surface area contributed by atoms with Crippen LogP contribution in [0.15, 0.2) is 0 Å². The average Bonchev–Trinajstić information content (AvgIpc) is 2.05. The van der Waals surface area contributed by atoms with Gasteiger partial charge in [-0.1, -0.05) is 0 Å². The van der Waals surface area contributed by atoms with Gasteiger partial charge >= 0.3 is 0 Å². The summed E-state index contributed by atoms with van der Waals surface area (Å²) in [7, 11) is 0. The van der Waals surface area contributed by atoms with Gasteiger partial charge < -0.3 is 10.6 Å². The molecule has 1 unspecified atom stereocenters. The van der Waals surface area contributed by atoms with Crippen LogP contribution in [0.2, 0.25) is 0 Å². The highest BCUT2D eigenvalue weighted by Gasteiger charge is 2.26. The summed E-state index contributed by atoms with van der Waals surface area (Å²) in [6.45, 7) is 2.23. The van der Waals surface area contributed by atoms with Gasteiger partial charge in [0.15, 0.2) is 6.54 Å². The van der Waals surface area contributed by atoms with E-state index in [1.54, 1.807) is 0 Å². The molecular weight excluding hydrogens is 154 g/mol. The first-order valence-electron chi connectivity index (χ1n) is 4.24. The lowest BCUT2D eigenvalue weighted by atomic mass is 9.98. The number of hydrogen-bond acceptors (Lipinski definition) is 2. The molecule has 4 heteroatoms. The Morgan fingerprint density at radius 3 is 3.08 bits per heavy atom. The van der Waals surface area contributed by atoms with E-state index in [0.717, 1.165) is 25.9 Å². The van der Waals surface area contributed by atoms with Crippen molar-refractivity contribution < 1.29 is 9.69 Å². The Morgan fingerprint density at radius 2 is 2.50 bits per heavy atom. The van der Waals surface area contributed by atoms with Crippen LogP contribution >= 0.6 is 0 Å². The molecule has 1 amide bonds. The molecule has 0 bridgehead atoms. The van der Waals surface area contributed by atoms with E-state index in [-0.39, 0.29) is 11.8 Å². The number of carbonyl (C=O) groups excluding carboxylic acids is 1. The van der Waals surface area contributed by atoms with Gasteiger partial charge in [-0.3, -0.25) is 4.79 Å². The highest BCUT2D eigenvalue weighted by Crippen LogP contribution is 2.05. The standard InChI is InChI=1S/C8H13N3O/c9-3-5-11-4-1-2-7(6-11)8(10)12/h7H,1-2,4-6H2,(H2,10,12)/p+1/t7-/m0/s1. The Balaban J connectivity index is 2.41. The smallest absolute Gasteiger partial charge is 0.226 e. The number of piperidine rings is 1. The molecule has 0 aliphatic carbocycles.